The lowest BCUT2D eigenvalue weighted by atomic mass is 10.3. The first-order valence-electron chi connectivity index (χ1n) is 4.53. The second-order valence-corrected chi connectivity index (χ2v) is 3.03. The molecule has 0 bridgehead atoms. The van der Waals surface area contributed by atoms with Crippen LogP contribution in [0.15, 0.2) is 42.9 Å². The summed E-state index contributed by atoms with van der Waals surface area (Å²) in [5, 5.41) is 13.5. The fourth-order valence-corrected chi connectivity index (χ4v) is 1.21. The molecule has 0 aliphatic carbocycles. The van der Waals surface area contributed by atoms with Gasteiger partial charge in [0.15, 0.2) is 0 Å². The summed E-state index contributed by atoms with van der Waals surface area (Å²) in [5.41, 5.74) is 0.659. The molecule has 0 saturated carbocycles. The molecule has 6 heteroatoms. The third kappa shape index (κ3) is 2.30. The van der Waals surface area contributed by atoms with Gasteiger partial charge in [0.05, 0.1) is 4.92 Å². The maximum atomic E-state index is 10.6. The lowest BCUT2D eigenvalue weighted by Gasteiger charge is -2.03. The maximum absolute atomic E-state index is 10.6. The molecule has 1 N–H and O–H groups in total. The molecule has 16 heavy (non-hydrogen) atoms. The summed E-state index contributed by atoms with van der Waals surface area (Å²) in [7, 11) is 0. The van der Waals surface area contributed by atoms with Crippen molar-refractivity contribution in [3.05, 3.63) is 53.0 Å². The van der Waals surface area contributed by atoms with Crippen molar-refractivity contribution in [3.63, 3.8) is 0 Å². The number of nitrogens with zero attached hydrogens (tertiary/aromatic N) is 3. The van der Waals surface area contributed by atoms with Crippen LogP contribution in [-0.4, -0.2) is 14.9 Å². The van der Waals surface area contributed by atoms with Gasteiger partial charge in [0.2, 0.25) is 0 Å². The number of rotatable bonds is 3. The molecule has 0 radical (unpaired) electrons. The van der Waals surface area contributed by atoms with E-state index in [1.807, 2.05) is 0 Å². The molecule has 0 atom stereocenters. The van der Waals surface area contributed by atoms with Crippen LogP contribution < -0.4 is 5.32 Å². The normalized spacial score (nSPS) is 9.75. The van der Waals surface area contributed by atoms with Crippen molar-refractivity contribution in [1.29, 1.82) is 0 Å². The van der Waals surface area contributed by atoms with Gasteiger partial charge in [0, 0.05) is 24.0 Å². The number of non-ortho nitro benzene ring substituents is 1. The molecule has 6 nitrogen and oxygen atoms in total. The molecular weight excluding hydrogens is 208 g/mol. The van der Waals surface area contributed by atoms with Gasteiger partial charge in [-0.25, -0.2) is 9.97 Å². The molecule has 2 aromatic rings. The van der Waals surface area contributed by atoms with E-state index in [1.54, 1.807) is 24.4 Å². The standard InChI is InChI=1S/C10H8N4O2/c15-14(16)9-3-1-2-8(6-9)13-10-4-5-11-7-12-10/h1-7H,(H,11,12,13). The van der Waals surface area contributed by atoms with Crippen molar-refractivity contribution in [2.75, 3.05) is 5.32 Å². The van der Waals surface area contributed by atoms with Gasteiger partial charge in [0.1, 0.15) is 12.1 Å². The van der Waals surface area contributed by atoms with Crippen molar-refractivity contribution >= 4 is 17.2 Å². The fraction of sp³-hybridized carbons (Fsp3) is 0. The predicted octanol–water partition coefficient (Wildman–Crippen LogP) is 2.13. The highest BCUT2D eigenvalue weighted by Gasteiger charge is 2.05. The summed E-state index contributed by atoms with van der Waals surface area (Å²) in [6.45, 7) is 0. The second-order valence-electron chi connectivity index (χ2n) is 3.03. The van der Waals surface area contributed by atoms with Crippen molar-refractivity contribution in [3.8, 4) is 0 Å². The summed E-state index contributed by atoms with van der Waals surface area (Å²) < 4.78 is 0. The SMILES string of the molecule is O=[N+]([O-])c1cccc(Nc2ccncn2)c1. The van der Waals surface area contributed by atoms with E-state index in [0.29, 0.717) is 11.5 Å². The van der Waals surface area contributed by atoms with E-state index in [0.717, 1.165) is 0 Å². The van der Waals surface area contributed by atoms with Gasteiger partial charge in [-0.3, -0.25) is 10.1 Å². The van der Waals surface area contributed by atoms with Crippen LogP contribution in [0.25, 0.3) is 0 Å². The second kappa shape index (κ2) is 4.35. The molecular formula is C10H8N4O2. The van der Waals surface area contributed by atoms with Crippen LogP contribution in [0.2, 0.25) is 0 Å². The Morgan fingerprint density at radius 1 is 1.31 bits per heavy atom. The summed E-state index contributed by atoms with van der Waals surface area (Å²) in [5.74, 6) is 0.593. The summed E-state index contributed by atoms with van der Waals surface area (Å²) in [6.07, 6.45) is 2.99. The minimum absolute atomic E-state index is 0.0408. The average Bonchev–Trinajstić information content (AvgIpc) is 2.30. The molecule has 0 aliphatic heterocycles. The van der Waals surface area contributed by atoms with Gasteiger partial charge in [-0.15, -0.1) is 0 Å². The Hall–Kier alpha value is -2.50. The Morgan fingerprint density at radius 3 is 2.88 bits per heavy atom. The number of nitro benzene ring substituents is 1. The van der Waals surface area contributed by atoms with Gasteiger partial charge in [-0.1, -0.05) is 6.07 Å². The fourth-order valence-electron chi connectivity index (χ4n) is 1.21. The smallest absolute Gasteiger partial charge is 0.271 e. The predicted molar refractivity (Wildman–Crippen MR) is 58.4 cm³/mol. The van der Waals surface area contributed by atoms with E-state index in [-0.39, 0.29) is 5.69 Å². The molecule has 2 rings (SSSR count). The maximum Gasteiger partial charge on any atom is 0.271 e. The Bertz CT molecular complexity index is 501. The highest BCUT2D eigenvalue weighted by molar-refractivity contribution is 5.59. The number of aromatic nitrogens is 2. The van der Waals surface area contributed by atoms with Crippen LogP contribution in [0, 0.1) is 10.1 Å². The van der Waals surface area contributed by atoms with E-state index in [2.05, 4.69) is 15.3 Å². The average molecular weight is 216 g/mol. The monoisotopic (exact) mass is 216 g/mol. The van der Waals surface area contributed by atoms with Crippen molar-refractivity contribution in [1.82, 2.24) is 9.97 Å². The zero-order valence-corrected chi connectivity index (χ0v) is 8.20. The molecule has 1 aromatic carbocycles. The minimum Gasteiger partial charge on any atom is -0.340 e. The number of nitrogens with one attached hydrogen (secondary N) is 1. The molecule has 0 spiro atoms. The highest BCUT2D eigenvalue weighted by Crippen LogP contribution is 2.19. The molecule has 0 fully saturated rings. The van der Waals surface area contributed by atoms with Gasteiger partial charge < -0.3 is 5.32 Å². The van der Waals surface area contributed by atoms with Gasteiger partial charge in [-0.05, 0) is 12.1 Å². The molecule has 80 valence electrons. The van der Waals surface area contributed by atoms with Crippen LogP contribution in [0.5, 0.6) is 0 Å². The van der Waals surface area contributed by atoms with Crippen LogP contribution in [0.4, 0.5) is 17.2 Å². The summed E-state index contributed by atoms with van der Waals surface area (Å²) >= 11 is 0. The van der Waals surface area contributed by atoms with E-state index in [4.69, 9.17) is 0 Å². The molecule has 0 aliphatic rings. The Kier molecular flexibility index (Phi) is 2.73. The first kappa shape index (κ1) is 10.0. The molecule has 0 saturated heterocycles. The number of nitro groups is 1. The van der Waals surface area contributed by atoms with Gasteiger partial charge in [0.25, 0.3) is 5.69 Å². The third-order valence-electron chi connectivity index (χ3n) is 1.91. The molecule has 0 amide bonds. The van der Waals surface area contributed by atoms with Crippen molar-refractivity contribution < 1.29 is 4.92 Å². The van der Waals surface area contributed by atoms with Gasteiger partial charge in [-0.2, -0.15) is 0 Å². The van der Waals surface area contributed by atoms with E-state index < -0.39 is 4.92 Å². The zero-order valence-electron chi connectivity index (χ0n) is 8.20. The Morgan fingerprint density at radius 2 is 2.19 bits per heavy atom. The quantitative estimate of drug-likeness (QED) is 0.627. The Labute approximate surface area is 91.1 Å². The van der Waals surface area contributed by atoms with E-state index >= 15 is 0 Å². The largest absolute Gasteiger partial charge is 0.340 e. The zero-order chi connectivity index (χ0) is 11.4. The van der Waals surface area contributed by atoms with Crippen molar-refractivity contribution in [2.24, 2.45) is 0 Å². The van der Waals surface area contributed by atoms with Crippen LogP contribution in [0.3, 0.4) is 0 Å². The molecule has 1 aromatic heterocycles. The highest BCUT2D eigenvalue weighted by atomic mass is 16.6. The third-order valence-corrected chi connectivity index (χ3v) is 1.91. The first-order valence-corrected chi connectivity index (χ1v) is 4.53. The van der Waals surface area contributed by atoms with Crippen LogP contribution in [0.1, 0.15) is 0 Å². The number of hydrogen-bond acceptors (Lipinski definition) is 5. The topological polar surface area (TPSA) is 81.0 Å². The minimum atomic E-state index is -0.439. The number of anilines is 2. The van der Waals surface area contributed by atoms with Gasteiger partial charge >= 0.3 is 0 Å². The lowest BCUT2D eigenvalue weighted by Crippen LogP contribution is -1.94. The van der Waals surface area contributed by atoms with Crippen LogP contribution in [-0.2, 0) is 0 Å². The summed E-state index contributed by atoms with van der Waals surface area (Å²) in [4.78, 5) is 17.8. The number of benzene rings is 1. The summed E-state index contributed by atoms with van der Waals surface area (Å²) in [6, 6.07) is 7.91. The molecule has 1 heterocycles. The van der Waals surface area contributed by atoms with Crippen LogP contribution >= 0.6 is 0 Å². The number of hydrogen-bond donors (Lipinski definition) is 1. The first-order chi connectivity index (χ1) is 7.75. The lowest BCUT2D eigenvalue weighted by molar-refractivity contribution is -0.384. The van der Waals surface area contributed by atoms with E-state index in [1.165, 1.54) is 18.5 Å². The van der Waals surface area contributed by atoms with E-state index in [9.17, 15) is 10.1 Å². The molecule has 0 unspecified atom stereocenters. The Balaban J connectivity index is 2.22. The van der Waals surface area contributed by atoms with Crippen molar-refractivity contribution in [2.45, 2.75) is 0 Å².